The lowest BCUT2D eigenvalue weighted by Gasteiger charge is -2.36. The van der Waals surface area contributed by atoms with Gasteiger partial charge in [0.05, 0.1) is 12.8 Å². The molecule has 1 aliphatic rings. The number of hydrogen-bond acceptors (Lipinski definition) is 5. The van der Waals surface area contributed by atoms with E-state index in [0.717, 1.165) is 48.3 Å². The SMILES string of the molecule is COc1ccc2c(CC(c3ccccc3)C3CCN(Cc4ccc5ccccc5c4)CC3)nnc(N)c2c1. The maximum atomic E-state index is 6.21. The zero-order chi connectivity index (χ0) is 25.9. The Morgan fingerprint density at radius 1 is 0.842 bits per heavy atom. The Balaban J connectivity index is 1.21. The first-order valence-electron chi connectivity index (χ1n) is 13.5. The predicted molar refractivity (Wildman–Crippen MR) is 155 cm³/mol. The molecule has 38 heavy (non-hydrogen) atoms. The fraction of sp³-hybridized carbons (Fsp3) is 0.273. The van der Waals surface area contributed by atoms with Crippen molar-refractivity contribution in [2.24, 2.45) is 5.92 Å². The van der Waals surface area contributed by atoms with Crippen LogP contribution in [0.25, 0.3) is 21.5 Å². The summed E-state index contributed by atoms with van der Waals surface area (Å²) in [7, 11) is 1.67. The molecule has 1 aliphatic heterocycles. The van der Waals surface area contributed by atoms with Gasteiger partial charge in [-0.15, -0.1) is 5.10 Å². The van der Waals surface area contributed by atoms with E-state index in [2.05, 4.69) is 94.0 Å². The molecule has 0 saturated carbocycles. The summed E-state index contributed by atoms with van der Waals surface area (Å²) in [5.74, 6) is 2.18. The number of hydrogen-bond donors (Lipinski definition) is 1. The minimum absolute atomic E-state index is 0.377. The molecule has 5 aromatic rings. The summed E-state index contributed by atoms with van der Waals surface area (Å²) in [5, 5.41) is 13.5. The predicted octanol–water partition coefficient (Wildman–Crippen LogP) is 6.61. The molecule has 2 N–H and O–H groups in total. The largest absolute Gasteiger partial charge is 0.497 e. The van der Waals surface area contributed by atoms with Gasteiger partial charge in [-0.2, -0.15) is 5.10 Å². The van der Waals surface area contributed by atoms with Crippen molar-refractivity contribution in [2.45, 2.75) is 31.7 Å². The maximum absolute atomic E-state index is 6.21. The van der Waals surface area contributed by atoms with Gasteiger partial charge in [0, 0.05) is 17.3 Å². The lowest BCUT2D eigenvalue weighted by Crippen LogP contribution is -2.35. The van der Waals surface area contributed by atoms with Crippen LogP contribution in [-0.2, 0) is 13.0 Å². The van der Waals surface area contributed by atoms with E-state index in [-0.39, 0.29) is 0 Å². The summed E-state index contributed by atoms with van der Waals surface area (Å²) in [4.78, 5) is 2.60. The Labute approximate surface area is 224 Å². The second kappa shape index (κ2) is 10.8. The average molecular weight is 503 g/mol. The van der Waals surface area contributed by atoms with E-state index in [4.69, 9.17) is 10.5 Å². The lowest BCUT2D eigenvalue weighted by atomic mass is 9.77. The summed E-state index contributed by atoms with van der Waals surface area (Å²) >= 11 is 0. The Hall–Kier alpha value is -3.96. The molecule has 1 unspecified atom stereocenters. The van der Waals surface area contributed by atoms with Crippen LogP contribution in [0.1, 0.15) is 35.6 Å². The first-order chi connectivity index (χ1) is 18.7. The second-order valence-corrected chi connectivity index (χ2v) is 10.5. The number of likely N-dealkylation sites (tertiary alicyclic amines) is 1. The number of fused-ring (bicyclic) bond motifs is 2. The molecule has 1 aromatic heterocycles. The van der Waals surface area contributed by atoms with Crippen molar-refractivity contribution in [3.05, 3.63) is 108 Å². The topological polar surface area (TPSA) is 64.3 Å². The van der Waals surface area contributed by atoms with E-state index in [1.807, 2.05) is 12.1 Å². The highest BCUT2D eigenvalue weighted by atomic mass is 16.5. The third kappa shape index (κ3) is 5.07. The molecule has 1 saturated heterocycles. The van der Waals surface area contributed by atoms with Gasteiger partial charge in [0.1, 0.15) is 5.75 Å². The van der Waals surface area contributed by atoms with Crippen LogP contribution in [0.2, 0.25) is 0 Å². The smallest absolute Gasteiger partial charge is 0.154 e. The van der Waals surface area contributed by atoms with Gasteiger partial charge in [0.2, 0.25) is 0 Å². The fourth-order valence-corrected chi connectivity index (χ4v) is 6.06. The zero-order valence-electron chi connectivity index (χ0n) is 21.9. The number of benzene rings is 4. The summed E-state index contributed by atoms with van der Waals surface area (Å²) in [6, 6.07) is 32.4. The second-order valence-electron chi connectivity index (χ2n) is 10.5. The molecule has 0 bridgehead atoms. The molecule has 5 heteroatoms. The quantitative estimate of drug-likeness (QED) is 0.271. The van der Waals surface area contributed by atoms with Gasteiger partial charge >= 0.3 is 0 Å². The standard InChI is InChI=1S/C33H34N4O/c1-38-28-13-14-29-31(20-28)33(34)36-35-32(29)21-30(25-8-3-2-4-9-25)26-15-17-37(18-16-26)22-23-11-12-24-7-5-6-10-27(24)19-23/h2-14,19-20,26,30H,15-18,21-22H2,1H3,(H2,34,36). The lowest BCUT2D eigenvalue weighted by molar-refractivity contribution is 0.161. The van der Waals surface area contributed by atoms with Crippen LogP contribution in [0, 0.1) is 5.92 Å². The van der Waals surface area contributed by atoms with Gasteiger partial charge in [-0.3, -0.25) is 4.90 Å². The highest BCUT2D eigenvalue weighted by molar-refractivity contribution is 5.93. The molecule has 5 nitrogen and oxygen atoms in total. The zero-order valence-corrected chi connectivity index (χ0v) is 21.9. The number of nitrogen functional groups attached to an aromatic ring is 1. The average Bonchev–Trinajstić information content (AvgIpc) is 2.98. The molecule has 0 amide bonds. The van der Waals surface area contributed by atoms with Gasteiger partial charge in [-0.05, 0) is 90.4 Å². The van der Waals surface area contributed by atoms with Crippen LogP contribution in [-0.4, -0.2) is 35.3 Å². The highest BCUT2D eigenvalue weighted by Crippen LogP contribution is 2.37. The van der Waals surface area contributed by atoms with Crippen molar-refractivity contribution in [2.75, 3.05) is 25.9 Å². The van der Waals surface area contributed by atoms with Gasteiger partial charge in [-0.25, -0.2) is 0 Å². The van der Waals surface area contributed by atoms with Gasteiger partial charge in [0.25, 0.3) is 0 Å². The number of nitrogens with zero attached hydrogens (tertiary/aromatic N) is 3. The molecule has 4 aromatic carbocycles. The number of methoxy groups -OCH3 is 1. The maximum Gasteiger partial charge on any atom is 0.154 e. The van der Waals surface area contributed by atoms with Crippen molar-refractivity contribution < 1.29 is 4.74 Å². The summed E-state index contributed by atoms with van der Waals surface area (Å²) in [5.41, 5.74) is 9.98. The first-order valence-corrected chi connectivity index (χ1v) is 13.5. The Kier molecular flexibility index (Phi) is 6.93. The molecular weight excluding hydrogens is 468 g/mol. The number of anilines is 1. The van der Waals surface area contributed by atoms with Crippen molar-refractivity contribution in [1.29, 1.82) is 0 Å². The Morgan fingerprint density at radius 3 is 2.39 bits per heavy atom. The molecule has 2 heterocycles. The van der Waals surface area contributed by atoms with Crippen molar-refractivity contribution >= 4 is 27.4 Å². The van der Waals surface area contributed by atoms with Crippen LogP contribution < -0.4 is 10.5 Å². The highest BCUT2D eigenvalue weighted by Gasteiger charge is 2.29. The molecule has 1 fully saturated rings. The van der Waals surface area contributed by atoms with Crippen LogP contribution in [0.3, 0.4) is 0 Å². The molecule has 0 spiro atoms. The molecule has 6 rings (SSSR count). The van der Waals surface area contributed by atoms with Crippen LogP contribution in [0.5, 0.6) is 5.75 Å². The normalized spacial score (nSPS) is 15.6. The van der Waals surface area contributed by atoms with Crippen molar-refractivity contribution in [1.82, 2.24) is 15.1 Å². The number of rotatable bonds is 7. The van der Waals surface area contributed by atoms with E-state index in [1.54, 1.807) is 7.11 Å². The molecule has 192 valence electrons. The third-order valence-corrected chi connectivity index (χ3v) is 8.15. The van der Waals surface area contributed by atoms with E-state index in [0.29, 0.717) is 17.7 Å². The summed E-state index contributed by atoms with van der Waals surface area (Å²) in [6.45, 7) is 3.21. The van der Waals surface area contributed by atoms with Gasteiger partial charge in [-0.1, -0.05) is 66.7 Å². The number of piperidine rings is 1. The first kappa shape index (κ1) is 24.4. The Bertz CT molecular complexity index is 1540. The van der Waals surface area contributed by atoms with Crippen LogP contribution in [0.15, 0.2) is 91.0 Å². The van der Waals surface area contributed by atoms with Crippen molar-refractivity contribution in [3.63, 3.8) is 0 Å². The molecular formula is C33H34N4O. The van der Waals surface area contributed by atoms with E-state index >= 15 is 0 Å². The minimum atomic E-state index is 0.377. The Morgan fingerprint density at radius 2 is 1.61 bits per heavy atom. The van der Waals surface area contributed by atoms with E-state index in [1.165, 1.54) is 34.7 Å². The summed E-state index contributed by atoms with van der Waals surface area (Å²) < 4.78 is 5.43. The number of nitrogens with two attached hydrogens (primary N) is 1. The van der Waals surface area contributed by atoms with Crippen LogP contribution >= 0.6 is 0 Å². The number of ether oxygens (including phenoxy) is 1. The van der Waals surface area contributed by atoms with E-state index < -0.39 is 0 Å². The molecule has 0 radical (unpaired) electrons. The van der Waals surface area contributed by atoms with Crippen LogP contribution in [0.4, 0.5) is 5.82 Å². The minimum Gasteiger partial charge on any atom is -0.497 e. The third-order valence-electron chi connectivity index (χ3n) is 8.15. The van der Waals surface area contributed by atoms with E-state index in [9.17, 15) is 0 Å². The monoisotopic (exact) mass is 502 g/mol. The van der Waals surface area contributed by atoms with Gasteiger partial charge in [0.15, 0.2) is 5.82 Å². The fourth-order valence-electron chi connectivity index (χ4n) is 6.06. The van der Waals surface area contributed by atoms with Crippen molar-refractivity contribution in [3.8, 4) is 5.75 Å². The summed E-state index contributed by atoms with van der Waals surface area (Å²) in [6.07, 6.45) is 3.18. The molecule has 1 atom stereocenters. The van der Waals surface area contributed by atoms with Gasteiger partial charge < -0.3 is 10.5 Å². The molecule has 0 aliphatic carbocycles. The number of aromatic nitrogens is 2.